The molecule has 0 spiro atoms. The van der Waals surface area contributed by atoms with E-state index >= 15 is 0 Å². The van der Waals surface area contributed by atoms with Crippen molar-refractivity contribution in [3.8, 4) is 11.5 Å². The van der Waals surface area contributed by atoms with Gasteiger partial charge >= 0.3 is 11.9 Å². The minimum atomic E-state index is -4.61. The SMILES string of the molecule is Cl.O=c1[nH]nc(-c2ccc(C(F)(F)F)c(NC(CF)C3CCNCC3)c2)o1. The molecule has 0 radical (unpaired) electrons. The molecule has 11 heteroatoms. The average Bonchev–Trinajstić information content (AvgIpc) is 3.06. The number of alkyl halides is 4. The number of anilines is 1. The van der Waals surface area contributed by atoms with Gasteiger partial charge in [0.1, 0.15) is 6.67 Å². The largest absolute Gasteiger partial charge is 0.434 e. The molecule has 1 unspecified atom stereocenters. The summed E-state index contributed by atoms with van der Waals surface area (Å²) in [4.78, 5) is 11.1. The summed E-state index contributed by atoms with van der Waals surface area (Å²) in [6.45, 7) is 0.616. The quantitative estimate of drug-likeness (QED) is 0.659. The number of nitrogens with zero attached hydrogens (tertiary/aromatic N) is 1. The van der Waals surface area contributed by atoms with Crippen LogP contribution >= 0.6 is 12.4 Å². The molecule has 1 aromatic carbocycles. The third-order valence-corrected chi connectivity index (χ3v) is 4.47. The molecule has 1 aliphatic rings. The van der Waals surface area contributed by atoms with Gasteiger partial charge in [0.2, 0.25) is 5.89 Å². The fourth-order valence-corrected chi connectivity index (χ4v) is 3.13. The van der Waals surface area contributed by atoms with Crippen LogP contribution < -0.4 is 16.4 Å². The highest BCUT2D eigenvalue weighted by Crippen LogP contribution is 2.37. The third-order valence-electron chi connectivity index (χ3n) is 4.47. The molecule has 6 nitrogen and oxygen atoms in total. The summed E-state index contributed by atoms with van der Waals surface area (Å²) in [7, 11) is 0. The second-order valence-electron chi connectivity index (χ2n) is 6.17. The number of benzene rings is 1. The molecule has 0 saturated carbocycles. The second-order valence-corrected chi connectivity index (χ2v) is 6.17. The molecule has 1 saturated heterocycles. The smallest absolute Gasteiger partial charge is 0.388 e. The number of rotatable bonds is 5. The van der Waals surface area contributed by atoms with Crippen LogP contribution in [0.1, 0.15) is 18.4 Å². The molecule has 2 heterocycles. The minimum Gasteiger partial charge on any atom is -0.388 e. The standard InChI is InChI=1S/C16H18F4N4O2.ClH/c17-8-13(9-3-5-21-6-4-9)22-12-7-10(14-23-24-15(25)26-14)1-2-11(12)16(18,19)20;/h1-2,7,9,13,21-22H,3-6,8H2,(H,24,25);1H. The van der Waals surface area contributed by atoms with Crippen molar-refractivity contribution in [2.24, 2.45) is 5.92 Å². The van der Waals surface area contributed by atoms with Gasteiger partial charge in [0.05, 0.1) is 11.6 Å². The Bertz CT molecular complexity index is 802. The van der Waals surface area contributed by atoms with Crippen molar-refractivity contribution < 1.29 is 22.0 Å². The molecule has 3 rings (SSSR count). The van der Waals surface area contributed by atoms with Crippen molar-refractivity contribution in [2.45, 2.75) is 25.1 Å². The molecule has 1 atom stereocenters. The van der Waals surface area contributed by atoms with E-state index in [4.69, 9.17) is 4.42 Å². The topological polar surface area (TPSA) is 83.0 Å². The fraction of sp³-hybridized carbons (Fsp3) is 0.500. The van der Waals surface area contributed by atoms with E-state index in [0.717, 1.165) is 12.1 Å². The first kappa shape index (κ1) is 21.2. The molecule has 1 aliphatic heterocycles. The number of H-pyrrole nitrogens is 1. The van der Waals surface area contributed by atoms with Gasteiger partial charge in [0.15, 0.2) is 0 Å². The first-order valence-corrected chi connectivity index (χ1v) is 8.19. The number of hydrogen-bond acceptors (Lipinski definition) is 5. The molecule has 2 aromatic rings. The van der Waals surface area contributed by atoms with Gasteiger partial charge in [-0.25, -0.2) is 14.3 Å². The van der Waals surface area contributed by atoms with Crippen LogP contribution in [0.3, 0.4) is 0 Å². The first-order valence-electron chi connectivity index (χ1n) is 8.19. The van der Waals surface area contributed by atoms with Gasteiger partial charge in [-0.3, -0.25) is 0 Å². The Kier molecular flexibility index (Phi) is 6.88. The number of piperidine rings is 1. The van der Waals surface area contributed by atoms with Crippen molar-refractivity contribution >= 4 is 18.1 Å². The monoisotopic (exact) mass is 410 g/mol. The zero-order valence-corrected chi connectivity index (χ0v) is 14.9. The van der Waals surface area contributed by atoms with E-state index in [1.165, 1.54) is 6.07 Å². The zero-order valence-electron chi connectivity index (χ0n) is 14.1. The molecule has 0 amide bonds. The van der Waals surface area contributed by atoms with Crippen LogP contribution in [-0.2, 0) is 6.18 Å². The summed E-state index contributed by atoms with van der Waals surface area (Å²) in [6.07, 6.45) is -3.25. The maximum Gasteiger partial charge on any atom is 0.434 e. The lowest BCUT2D eigenvalue weighted by Crippen LogP contribution is -2.39. The first-order chi connectivity index (χ1) is 12.4. The summed E-state index contributed by atoms with van der Waals surface area (Å²) in [5, 5.41) is 11.5. The number of hydrogen-bond donors (Lipinski definition) is 3. The molecular weight excluding hydrogens is 392 g/mol. The molecule has 1 fully saturated rings. The predicted octanol–water partition coefficient (Wildman–Crippen LogP) is 3.22. The Hall–Kier alpha value is -2.07. The van der Waals surface area contributed by atoms with Gasteiger partial charge in [-0.15, -0.1) is 17.5 Å². The Labute approximate surface area is 158 Å². The van der Waals surface area contributed by atoms with Crippen molar-refractivity contribution in [3.63, 3.8) is 0 Å². The summed E-state index contributed by atoms with van der Waals surface area (Å²) in [5.74, 6) is -1.02. The van der Waals surface area contributed by atoms with Gasteiger partial charge in [-0.05, 0) is 50.0 Å². The van der Waals surface area contributed by atoms with Crippen LogP contribution in [0.5, 0.6) is 0 Å². The Morgan fingerprint density at radius 1 is 1.30 bits per heavy atom. The van der Waals surface area contributed by atoms with Crippen LogP contribution in [0.15, 0.2) is 27.4 Å². The van der Waals surface area contributed by atoms with Crippen molar-refractivity contribution in [1.29, 1.82) is 0 Å². The molecular formula is C16H19ClF4N4O2. The van der Waals surface area contributed by atoms with E-state index in [1.54, 1.807) is 0 Å². The van der Waals surface area contributed by atoms with Crippen LogP contribution in [0, 0.1) is 5.92 Å². The van der Waals surface area contributed by atoms with E-state index in [-0.39, 0.29) is 35.5 Å². The minimum absolute atomic E-state index is 0. The normalized spacial score (nSPS) is 16.6. The van der Waals surface area contributed by atoms with Gasteiger partial charge in [-0.1, -0.05) is 0 Å². The Balaban J connectivity index is 0.00000261. The van der Waals surface area contributed by atoms with Crippen molar-refractivity contribution in [3.05, 3.63) is 34.3 Å². The zero-order chi connectivity index (χ0) is 18.7. The molecule has 0 aliphatic carbocycles. The van der Waals surface area contributed by atoms with Gasteiger partial charge in [-0.2, -0.15) is 13.2 Å². The van der Waals surface area contributed by atoms with Crippen LogP contribution in [0.25, 0.3) is 11.5 Å². The Morgan fingerprint density at radius 2 is 2.00 bits per heavy atom. The lowest BCUT2D eigenvalue weighted by molar-refractivity contribution is -0.137. The second kappa shape index (κ2) is 8.75. The van der Waals surface area contributed by atoms with E-state index in [2.05, 4.69) is 20.8 Å². The number of aromatic amines is 1. The van der Waals surface area contributed by atoms with Gasteiger partial charge in [0.25, 0.3) is 0 Å². The van der Waals surface area contributed by atoms with E-state index < -0.39 is 30.2 Å². The molecule has 3 N–H and O–H groups in total. The van der Waals surface area contributed by atoms with E-state index in [1.807, 2.05) is 0 Å². The Morgan fingerprint density at radius 3 is 2.56 bits per heavy atom. The van der Waals surface area contributed by atoms with E-state index in [0.29, 0.717) is 25.9 Å². The fourth-order valence-electron chi connectivity index (χ4n) is 3.13. The number of nitrogens with one attached hydrogen (secondary N) is 3. The van der Waals surface area contributed by atoms with Gasteiger partial charge < -0.3 is 15.1 Å². The summed E-state index contributed by atoms with van der Waals surface area (Å²) in [5.41, 5.74) is -0.991. The number of aromatic nitrogens is 2. The van der Waals surface area contributed by atoms with E-state index in [9.17, 15) is 22.4 Å². The van der Waals surface area contributed by atoms with Crippen LogP contribution in [0.4, 0.5) is 23.2 Å². The lowest BCUT2D eigenvalue weighted by Gasteiger charge is -2.31. The molecule has 1 aromatic heterocycles. The van der Waals surface area contributed by atoms with Crippen molar-refractivity contribution in [2.75, 3.05) is 25.1 Å². The summed E-state index contributed by atoms with van der Waals surface area (Å²) in [6, 6.07) is 2.46. The van der Waals surface area contributed by atoms with Crippen LogP contribution in [0.2, 0.25) is 0 Å². The predicted molar refractivity (Wildman–Crippen MR) is 93.8 cm³/mol. The third kappa shape index (κ3) is 5.01. The summed E-state index contributed by atoms with van der Waals surface area (Å²) < 4.78 is 58.4. The highest BCUT2D eigenvalue weighted by molar-refractivity contribution is 5.85. The lowest BCUT2D eigenvalue weighted by atomic mass is 9.90. The maximum atomic E-state index is 13.5. The molecule has 0 bridgehead atoms. The van der Waals surface area contributed by atoms with Gasteiger partial charge in [0, 0.05) is 11.3 Å². The van der Waals surface area contributed by atoms with Crippen LogP contribution in [-0.4, -0.2) is 36.0 Å². The number of halogens is 5. The average molecular weight is 411 g/mol. The molecule has 27 heavy (non-hydrogen) atoms. The highest BCUT2D eigenvalue weighted by atomic mass is 35.5. The highest BCUT2D eigenvalue weighted by Gasteiger charge is 2.35. The summed E-state index contributed by atoms with van der Waals surface area (Å²) >= 11 is 0. The molecule has 150 valence electrons. The maximum absolute atomic E-state index is 13.5. The van der Waals surface area contributed by atoms with Crippen molar-refractivity contribution in [1.82, 2.24) is 15.5 Å².